The van der Waals surface area contributed by atoms with Crippen LogP contribution in [0.1, 0.15) is 37.2 Å². The van der Waals surface area contributed by atoms with E-state index in [4.69, 9.17) is 4.42 Å². The Kier molecular flexibility index (Phi) is 5.88. The molecule has 0 atom stereocenters. The highest BCUT2D eigenvalue weighted by molar-refractivity contribution is 5.94. The van der Waals surface area contributed by atoms with Crippen LogP contribution in [-0.4, -0.2) is 38.6 Å². The molecule has 0 aliphatic rings. The summed E-state index contributed by atoms with van der Waals surface area (Å²) in [6, 6.07) is 11.2. The molecule has 8 heteroatoms. The van der Waals surface area contributed by atoms with Crippen LogP contribution in [0.4, 0.5) is 5.69 Å². The SMILES string of the molecule is CCCN(CCC)C(=O)c1cc(-c2ccco2)nn1-c1ccc([N+](=O)[O-])cc1. The van der Waals surface area contributed by atoms with Gasteiger partial charge < -0.3 is 9.32 Å². The maximum Gasteiger partial charge on any atom is 0.272 e. The number of carbonyl (C=O) groups is 1. The standard InChI is InChI=1S/C20H22N4O4/c1-3-11-22(12-4-2)20(25)18-14-17(19-6-5-13-28-19)21-23(18)15-7-9-16(10-8-15)24(26)27/h5-10,13-14H,3-4,11-12H2,1-2H3. The summed E-state index contributed by atoms with van der Waals surface area (Å²) in [5.74, 6) is 0.416. The summed E-state index contributed by atoms with van der Waals surface area (Å²) in [6.07, 6.45) is 3.24. The van der Waals surface area contributed by atoms with Gasteiger partial charge in [0.05, 0.1) is 16.9 Å². The molecule has 2 aromatic heterocycles. The lowest BCUT2D eigenvalue weighted by Gasteiger charge is -2.21. The van der Waals surface area contributed by atoms with E-state index >= 15 is 0 Å². The molecule has 0 spiro atoms. The van der Waals surface area contributed by atoms with Gasteiger partial charge in [-0.15, -0.1) is 0 Å². The lowest BCUT2D eigenvalue weighted by Crippen LogP contribution is -2.33. The van der Waals surface area contributed by atoms with E-state index in [2.05, 4.69) is 5.10 Å². The Labute approximate surface area is 162 Å². The van der Waals surface area contributed by atoms with Crippen LogP contribution < -0.4 is 0 Å². The second-order valence-electron chi connectivity index (χ2n) is 6.37. The lowest BCUT2D eigenvalue weighted by molar-refractivity contribution is -0.384. The van der Waals surface area contributed by atoms with Crippen molar-refractivity contribution >= 4 is 11.6 Å². The van der Waals surface area contributed by atoms with E-state index in [1.165, 1.54) is 16.8 Å². The van der Waals surface area contributed by atoms with Gasteiger partial charge in [0.2, 0.25) is 0 Å². The second kappa shape index (κ2) is 8.51. The molecule has 1 amide bonds. The second-order valence-corrected chi connectivity index (χ2v) is 6.37. The Bertz CT molecular complexity index is 939. The summed E-state index contributed by atoms with van der Waals surface area (Å²) in [5, 5.41) is 15.5. The molecule has 0 radical (unpaired) electrons. The number of carbonyl (C=O) groups excluding carboxylic acids is 1. The van der Waals surface area contributed by atoms with E-state index in [1.54, 1.807) is 41.5 Å². The van der Waals surface area contributed by atoms with Gasteiger partial charge in [-0.2, -0.15) is 5.10 Å². The normalized spacial score (nSPS) is 10.8. The quantitative estimate of drug-likeness (QED) is 0.427. The number of hydrogen-bond donors (Lipinski definition) is 0. The van der Waals surface area contributed by atoms with Crippen molar-refractivity contribution in [2.75, 3.05) is 13.1 Å². The maximum atomic E-state index is 13.2. The van der Waals surface area contributed by atoms with Crippen molar-refractivity contribution < 1.29 is 14.1 Å². The van der Waals surface area contributed by atoms with Crippen molar-refractivity contribution in [3.05, 3.63) is 64.5 Å². The predicted octanol–water partition coefficient (Wildman–Crippen LogP) is 4.30. The largest absolute Gasteiger partial charge is 0.463 e. The number of amides is 1. The minimum atomic E-state index is -0.461. The Morgan fingerprint density at radius 3 is 2.39 bits per heavy atom. The first-order chi connectivity index (χ1) is 13.5. The van der Waals surface area contributed by atoms with Crippen molar-refractivity contribution in [3.8, 4) is 17.1 Å². The third-order valence-corrected chi connectivity index (χ3v) is 4.28. The van der Waals surface area contributed by atoms with E-state index in [1.807, 2.05) is 13.8 Å². The van der Waals surface area contributed by atoms with Crippen molar-refractivity contribution in [1.82, 2.24) is 14.7 Å². The minimum Gasteiger partial charge on any atom is -0.463 e. The first-order valence-electron chi connectivity index (χ1n) is 9.23. The van der Waals surface area contributed by atoms with E-state index in [0.717, 1.165) is 12.8 Å². The molecule has 0 saturated heterocycles. The third kappa shape index (κ3) is 3.95. The summed E-state index contributed by atoms with van der Waals surface area (Å²) in [4.78, 5) is 25.5. The fraction of sp³-hybridized carbons (Fsp3) is 0.300. The molecule has 1 aromatic carbocycles. The van der Waals surface area contributed by atoms with Crippen LogP contribution >= 0.6 is 0 Å². The van der Waals surface area contributed by atoms with E-state index < -0.39 is 4.92 Å². The van der Waals surface area contributed by atoms with Crippen LogP contribution in [0.15, 0.2) is 53.1 Å². The van der Waals surface area contributed by atoms with Gasteiger partial charge in [0.15, 0.2) is 5.76 Å². The number of furan rings is 1. The molecule has 0 bridgehead atoms. The molecule has 3 aromatic rings. The highest BCUT2D eigenvalue weighted by Crippen LogP contribution is 2.24. The van der Waals surface area contributed by atoms with E-state index in [-0.39, 0.29) is 11.6 Å². The average Bonchev–Trinajstić information content (AvgIpc) is 3.37. The zero-order valence-electron chi connectivity index (χ0n) is 15.9. The third-order valence-electron chi connectivity index (χ3n) is 4.28. The number of aromatic nitrogens is 2. The van der Waals surface area contributed by atoms with Crippen LogP contribution in [0.5, 0.6) is 0 Å². The van der Waals surface area contributed by atoms with Crippen molar-refractivity contribution in [3.63, 3.8) is 0 Å². The van der Waals surface area contributed by atoms with Crippen LogP contribution in [0, 0.1) is 10.1 Å². The first-order valence-corrected chi connectivity index (χ1v) is 9.23. The topological polar surface area (TPSA) is 94.4 Å². The number of rotatable bonds is 8. The Balaban J connectivity index is 2.06. The van der Waals surface area contributed by atoms with Crippen LogP contribution in [0.25, 0.3) is 17.1 Å². The Hall–Kier alpha value is -3.42. The smallest absolute Gasteiger partial charge is 0.272 e. The molecule has 0 N–H and O–H groups in total. The summed E-state index contributed by atoms with van der Waals surface area (Å²) < 4.78 is 6.94. The van der Waals surface area contributed by atoms with Gasteiger partial charge in [-0.1, -0.05) is 13.8 Å². The van der Waals surface area contributed by atoms with Crippen molar-refractivity contribution in [1.29, 1.82) is 0 Å². The van der Waals surface area contributed by atoms with Crippen molar-refractivity contribution in [2.45, 2.75) is 26.7 Å². The number of hydrogen-bond acceptors (Lipinski definition) is 5. The van der Waals surface area contributed by atoms with Gasteiger partial charge >= 0.3 is 0 Å². The average molecular weight is 382 g/mol. The molecule has 28 heavy (non-hydrogen) atoms. The fourth-order valence-electron chi connectivity index (χ4n) is 3.01. The van der Waals surface area contributed by atoms with Gasteiger partial charge in [-0.05, 0) is 37.1 Å². The van der Waals surface area contributed by atoms with Gasteiger partial charge in [0.1, 0.15) is 11.4 Å². The molecule has 0 aliphatic heterocycles. The van der Waals surface area contributed by atoms with Crippen molar-refractivity contribution in [2.24, 2.45) is 0 Å². The fourth-order valence-corrected chi connectivity index (χ4v) is 3.01. The maximum absolute atomic E-state index is 13.2. The Morgan fingerprint density at radius 2 is 1.86 bits per heavy atom. The van der Waals surface area contributed by atoms with Crippen LogP contribution in [0.3, 0.4) is 0 Å². The molecule has 8 nitrogen and oxygen atoms in total. The summed E-state index contributed by atoms with van der Waals surface area (Å²) in [5.41, 5.74) is 1.47. The molecular weight excluding hydrogens is 360 g/mol. The molecule has 0 unspecified atom stereocenters. The molecule has 146 valence electrons. The number of nitrogens with zero attached hydrogens (tertiary/aromatic N) is 4. The summed E-state index contributed by atoms with van der Waals surface area (Å²) >= 11 is 0. The monoisotopic (exact) mass is 382 g/mol. The molecule has 0 saturated carbocycles. The minimum absolute atomic E-state index is 0.0198. The van der Waals surface area contributed by atoms with Gasteiger partial charge in [0.25, 0.3) is 11.6 Å². The molecule has 0 fully saturated rings. The lowest BCUT2D eigenvalue weighted by atomic mass is 10.2. The first kappa shape index (κ1) is 19.3. The molecule has 2 heterocycles. The predicted molar refractivity (Wildman–Crippen MR) is 104 cm³/mol. The van der Waals surface area contributed by atoms with Crippen LogP contribution in [-0.2, 0) is 0 Å². The zero-order valence-corrected chi connectivity index (χ0v) is 15.9. The Morgan fingerprint density at radius 1 is 1.18 bits per heavy atom. The van der Waals surface area contributed by atoms with Gasteiger partial charge in [-0.3, -0.25) is 14.9 Å². The number of nitro benzene ring substituents is 1. The van der Waals surface area contributed by atoms with Gasteiger partial charge in [0, 0.05) is 31.3 Å². The number of benzene rings is 1. The van der Waals surface area contributed by atoms with Crippen LogP contribution in [0.2, 0.25) is 0 Å². The molecule has 3 rings (SSSR count). The highest BCUT2D eigenvalue weighted by Gasteiger charge is 2.23. The summed E-state index contributed by atoms with van der Waals surface area (Å²) in [6.45, 7) is 5.35. The molecular formula is C20H22N4O4. The zero-order chi connectivity index (χ0) is 20.1. The number of nitro groups is 1. The highest BCUT2D eigenvalue weighted by atomic mass is 16.6. The number of non-ortho nitro benzene ring substituents is 1. The van der Waals surface area contributed by atoms with E-state index in [9.17, 15) is 14.9 Å². The van der Waals surface area contributed by atoms with E-state index in [0.29, 0.717) is 35.9 Å². The molecule has 0 aliphatic carbocycles. The summed E-state index contributed by atoms with van der Waals surface area (Å²) in [7, 11) is 0. The van der Waals surface area contributed by atoms with Gasteiger partial charge in [-0.25, -0.2) is 4.68 Å².